The number of anilines is 1. The molecule has 0 saturated carbocycles. The molecule has 0 unspecified atom stereocenters. The van der Waals surface area contributed by atoms with Gasteiger partial charge >= 0.3 is 5.76 Å². The molecule has 1 aliphatic heterocycles. The molecule has 1 saturated heterocycles. The first kappa shape index (κ1) is 27.3. The van der Waals surface area contributed by atoms with E-state index < -0.39 is 11.7 Å². The molecule has 1 aromatic heterocycles. The Balaban J connectivity index is 1.13. The van der Waals surface area contributed by atoms with E-state index in [9.17, 15) is 14.4 Å². The van der Waals surface area contributed by atoms with Crippen LogP contribution < -0.4 is 11.1 Å². The van der Waals surface area contributed by atoms with Crippen molar-refractivity contribution < 1.29 is 18.8 Å². The molecule has 0 bridgehead atoms. The molecule has 2 heterocycles. The van der Waals surface area contributed by atoms with E-state index in [1.165, 1.54) is 17.2 Å². The standard InChI is InChI=1S/C29H28ClN5O5/c30-22-11-12-24(23(17-22)28-32-29(38)40-33-28)31-25(36)18-39-19-26(37)34-13-15-35(16-14-34)27(20-7-3-1-4-8-20)21-9-5-2-6-10-21/h1-12,17,27H,13-16,18-19H2,(H,31,36)(H,32,33,38). The van der Waals surface area contributed by atoms with Crippen LogP contribution >= 0.6 is 11.6 Å². The number of halogens is 1. The van der Waals surface area contributed by atoms with Gasteiger partial charge in [0.2, 0.25) is 11.8 Å². The van der Waals surface area contributed by atoms with Crippen LogP contribution in [0.2, 0.25) is 5.02 Å². The third kappa shape index (κ3) is 6.66. The van der Waals surface area contributed by atoms with Gasteiger partial charge in [0.15, 0.2) is 5.82 Å². The lowest BCUT2D eigenvalue weighted by molar-refractivity contribution is -0.139. The summed E-state index contributed by atoms with van der Waals surface area (Å²) in [6, 6.07) is 25.5. The minimum absolute atomic E-state index is 0.104. The van der Waals surface area contributed by atoms with Crippen LogP contribution in [0.4, 0.5) is 5.69 Å². The van der Waals surface area contributed by atoms with Gasteiger partial charge in [-0.25, -0.2) is 4.79 Å². The largest absolute Gasteiger partial charge is 0.439 e. The number of hydrogen-bond donors (Lipinski definition) is 2. The molecule has 0 radical (unpaired) electrons. The fraction of sp³-hybridized carbons (Fsp3) is 0.241. The number of aromatic amines is 1. The number of H-pyrrole nitrogens is 1. The molecule has 40 heavy (non-hydrogen) atoms. The molecule has 2 N–H and O–H groups in total. The summed E-state index contributed by atoms with van der Waals surface area (Å²) in [4.78, 5) is 43.2. The van der Waals surface area contributed by atoms with Gasteiger partial charge in [-0.1, -0.05) is 77.4 Å². The van der Waals surface area contributed by atoms with E-state index in [4.69, 9.17) is 16.3 Å². The van der Waals surface area contributed by atoms with Crippen molar-refractivity contribution in [2.24, 2.45) is 0 Å². The zero-order valence-corrected chi connectivity index (χ0v) is 22.3. The van der Waals surface area contributed by atoms with Crippen molar-refractivity contribution in [2.75, 3.05) is 44.7 Å². The highest BCUT2D eigenvalue weighted by molar-refractivity contribution is 6.31. The summed E-state index contributed by atoms with van der Waals surface area (Å²) in [5.41, 5.74) is 3.16. The summed E-state index contributed by atoms with van der Waals surface area (Å²) in [5, 5.41) is 6.72. The van der Waals surface area contributed by atoms with Crippen molar-refractivity contribution in [1.29, 1.82) is 0 Å². The Kier molecular flexibility index (Phi) is 8.70. The van der Waals surface area contributed by atoms with Gasteiger partial charge in [-0.15, -0.1) is 0 Å². The monoisotopic (exact) mass is 561 g/mol. The van der Waals surface area contributed by atoms with E-state index in [-0.39, 0.29) is 31.0 Å². The summed E-state index contributed by atoms with van der Waals surface area (Å²) in [6.45, 7) is 2.02. The first-order valence-electron chi connectivity index (χ1n) is 12.8. The van der Waals surface area contributed by atoms with Crippen molar-refractivity contribution in [1.82, 2.24) is 19.9 Å². The number of nitrogens with zero attached hydrogens (tertiary/aromatic N) is 3. The molecule has 5 rings (SSSR count). The number of ether oxygens (including phenoxy) is 1. The highest BCUT2D eigenvalue weighted by Gasteiger charge is 2.28. The molecule has 206 valence electrons. The first-order chi connectivity index (χ1) is 19.5. The molecular formula is C29H28ClN5O5. The Morgan fingerprint density at radius 1 is 0.950 bits per heavy atom. The lowest BCUT2D eigenvalue weighted by atomic mass is 9.96. The van der Waals surface area contributed by atoms with Crippen molar-refractivity contribution in [3.8, 4) is 11.4 Å². The number of piperazine rings is 1. The van der Waals surface area contributed by atoms with Crippen molar-refractivity contribution in [2.45, 2.75) is 6.04 Å². The fourth-order valence-corrected chi connectivity index (χ4v) is 4.96. The quantitative estimate of drug-likeness (QED) is 0.320. The molecular weight excluding hydrogens is 534 g/mol. The highest BCUT2D eigenvalue weighted by atomic mass is 35.5. The van der Waals surface area contributed by atoms with E-state index in [1.807, 2.05) is 36.4 Å². The summed E-state index contributed by atoms with van der Waals surface area (Å²) in [6.07, 6.45) is 0. The topological polar surface area (TPSA) is 121 Å². The van der Waals surface area contributed by atoms with Gasteiger partial charge < -0.3 is 15.0 Å². The van der Waals surface area contributed by atoms with E-state index >= 15 is 0 Å². The number of hydrogen-bond acceptors (Lipinski definition) is 7. The van der Waals surface area contributed by atoms with Gasteiger partial charge in [-0.3, -0.25) is 24.0 Å². The number of rotatable bonds is 9. The molecule has 0 aliphatic carbocycles. The maximum absolute atomic E-state index is 12.8. The normalized spacial score (nSPS) is 13.9. The van der Waals surface area contributed by atoms with Gasteiger partial charge in [-0.2, -0.15) is 0 Å². The van der Waals surface area contributed by atoms with Crippen molar-refractivity contribution in [3.63, 3.8) is 0 Å². The second-order valence-corrected chi connectivity index (χ2v) is 9.75. The number of carbonyl (C=O) groups excluding carboxylic acids is 2. The lowest BCUT2D eigenvalue weighted by Crippen LogP contribution is -2.50. The Labute approximate surface area is 235 Å². The van der Waals surface area contributed by atoms with Crippen molar-refractivity contribution in [3.05, 3.63) is 106 Å². The summed E-state index contributed by atoms with van der Waals surface area (Å²) >= 11 is 6.06. The van der Waals surface area contributed by atoms with E-state index in [1.54, 1.807) is 17.0 Å². The molecule has 1 aliphatic rings. The van der Waals surface area contributed by atoms with Gasteiger partial charge in [-0.05, 0) is 29.3 Å². The Morgan fingerprint density at radius 2 is 1.60 bits per heavy atom. The summed E-state index contributed by atoms with van der Waals surface area (Å²) < 4.78 is 9.98. The van der Waals surface area contributed by atoms with Crippen LogP contribution in [-0.4, -0.2) is 71.1 Å². The average molecular weight is 562 g/mol. The minimum Gasteiger partial charge on any atom is -0.362 e. The number of carbonyl (C=O) groups is 2. The Morgan fingerprint density at radius 3 is 2.20 bits per heavy atom. The third-order valence-corrected chi connectivity index (χ3v) is 6.91. The highest BCUT2D eigenvalue weighted by Crippen LogP contribution is 2.30. The van der Waals surface area contributed by atoms with Gasteiger partial charge in [0.25, 0.3) is 0 Å². The lowest BCUT2D eigenvalue weighted by Gasteiger charge is -2.39. The van der Waals surface area contributed by atoms with E-state index in [0.29, 0.717) is 42.5 Å². The Bertz CT molecular complexity index is 1460. The first-order valence-corrected chi connectivity index (χ1v) is 13.2. The summed E-state index contributed by atoms with van der Waals surface area (Å²) in [7, 11) is 0. The minimum atomic E-state index is -0.731. The van der Waals surface area contributed by atoms with Gasteiger partial charge in [0, 0.05) is 36.8 Å². The van der Waals surface area contributed by atoms with Crippen LogP contribution in [0, 0.1) is 0 Å². The second-order valence-electron chi connectivity index (χ2n) is 9.32. The Hall–Kier alpha value is -4.25. The molecule has 0 spiro atoms. The third-order valence-electron chi connectivity index (χ3n) is 6.67. The van der Waals surface area contributed by atoms with Crippen LogP contribution in [0.3, 0.4) is 0 Å². The number of amides is 2. The molecule has 2 amide bonds. The van der Waals surface area contributed by atoms with Crippen LogP contribution in [0.5, 0.6) is 0 Å². The molecule has 10 nitrogen and oxygen atoms in total. The predicted molar refractivity (Wildman–Crippen MR) is 150 cm³/mol. The van der Waals surface area contributed by atoms with Crippen LogP contribution in [0.15, 0.2) is 88.2 Å². The fourth-order valence-electron chi connectivity index (χ4n) is 4.79. The van der Waals surface area contributed by atoms with Crippen LogP contribution in [-0.2, 0) is 14.3 Å². The SMILES string of the molecule is O=C(COCC(=O)N1CCN(C(c2ccccc2)c2ccccc2)CC1)Nc1ccc(Cl)cc1-c1noc(=O)[nH]1. The molecule has 3 aromatic carbocycles. The number of aromatic nitrogens is 2. The smallest absolute Gasteiger partial charge is 0.362 e. The maximum Gasteiger partial charge on any atom is 0.439 e. The molecule has 0 atom stereocenters. The van der Waals surface area contributed by atoms with Crippen molar-refractivity contribution >= 4 is 29.1 Å². The maximum atomic E-state index is 12.8. The van der Waals surface area contributed by atoms with Crippen LogP contribution in [0.1, 0.15) is 17.2 Å². The number of benzene rings is 3. The van der Waals surface area contributed by atoms with E-state index in [0.717, 1.165) is 0 Å². The van der Waals surface area contributed by atoms with Crippen LogP contribution in [0.25, 0.3) is 11.4 Å². The molecule has 1 fully saturated rings. The zero-order chi connectivity index (χ0) is 27.9. The van der Waals surface area contributed by atoms with Gasteiger partial charge in [0.1, 0.15) is 13.2 Å². The molecule has 11 heteroatoms. The average Bonchev–Trinajstić information content (AvgIpc) is 3.41. The predicted octanol–water partition coefficient (Wildman–Crippen LogP) is 3.57. The molecule has 4 aromatic rings. The summed E-state index contributed by atoms with van der Waals surface area (Å²) in [5.74, 6) is -1.25. The number of nitrogens with one attached hydrogen (secondary N) is 2. The van der Waals surface area contributed by atoms with Gasteiger partial charge in [0.05, 0.1) is 11.7 Å². The van der Waals surface area contributed by atoms with E-state index in [2.05, 4.69) is 49.1 Å². The zero-order valence-electron chi connectivity index (χ0n) is 21.6. The second kappa shape index (κ2) is 12.7.